The monoisotopic (exact) mass is 429 g/mol. The first-order valence-corrected chi connectivity index (χ1v) is 11.0. The number of aryl methyl sites for hydroxylation is 1. The molecule has 0 radical (unpaired) electrons. The summed E-state index contributed by atoms with van der Waals surface area (Å²) >= 11 is 1.56. The number of tetrazole rings is 1. The van der Waals surface area contributed by atoms with Crippen molar-refractivity contribution in [1.29, 1.82) is 0 Å². The second-order valence-electron chi connectivity index (χ2n) is 7.21. The van der Waals surface area contributed by atoms with E-state index in [1.54, 1.807) is 21.3 Å². The van der Waals surface area contributed by atoms with Crippen LogP contribution in [0.1, 0.15) is 27.3 Å². The summed E-state index contributed by atoms with van der Waals surface area (Å²) in [6.45, 7) is 2.63. The van der Waals surface area contributed by atoms with Crippen molar-refractivity contribution in [2.45, 2.75) is 24.1 Å². The van der Waals surface area contributed by atoms with E-state index in [1.807, 2.05) is 73.8 Å². The minimum atomic E-state index is -0.00555. The van der Waals surface area contributed by atoms with Gasteiger partial charge in [-0.2, -0.15) is 4.68 Å². The quantitative estimate of drug-likeness (QED) is 0.404. The van der Waals surface area contributed by atoms with E-state index in [0.717, 1.165) is 22.0 Å². The van der Waals surface area contributed by atoms with Gasteiger partial charge in [-0.05, 0) is 52.7 Å². The van der Waals surface area contributed by atoms with Crippen LogP contribution in [0.2, 0.25) is 0 Å². The number of nitrogens with zero attached hydrogens (tertiary/aromatic N) is 5. The summed E-state index contributed by atoms with van der Waals surface area (Å²) in [7, 11) is 1.84. The maximum absolute atomic E-state index is 13.2. The van der Waals surface area contributed by atoms with E-state index in [1.165, 1.54) is 5.56 Å². The Morgan fingerprint density at radius 3 is 2.48 bits per heavy atom. The zero-order valence-corrected chi connectivity index (χ0v) is 18.3. The van der Waals surface area contributed by atoms with Crippen LogP contribution in [0, 0.1) is 6.92 Å². The molecule has 0 unspecified atom stereocenters. The second-order valence-corrected chi connectivity index (χ2v) is 8.23. The molecule has 0 N–H and O–H groups in total. The molecule has 3 aromatic carbocycles. The van der Waals surface area contributed by atoms with Crippen molar-refractivity contribution in [2.75, 3.05) is 7.05 Å². The number of amides is 1. The molecule has 0 fully saturated rings. The SMILES string of the molecule is Cc1ccccc1CN(C)C(=O)c1ccccc1SCc1nnnn1-c1ccccc1. The van der Waals surface area contributed by atoms with E-state index in [4.69, 9.17) is 0 Å². The third-order valence-electron chi connectivity index (χ3n) is 5.02. The molecule has 6 nitrogen and oxygen atoms in total. The molecule has 0 spiro atoms. The van der Waals surface area contributed by atoms with Crippen LogP contribution in [-0.4, -0.2) is 38.1 Å². The fourth-order valence-corrected chi connectivity index (χ4v) is 4.25. The Labute approximate surface area is 185 Å². The molecular weight excluding hydrogens is 406 g/mol. The van der Waals surface area contributed by atoms with Crippen LogP contribution >= 0.6 is 11.8 Å². The molecule has 0 saturated carbocycles. The number of carbonyl (C=O) groups is 1. The Bertz CT molecular complexity index is 1180. The maximum Gasteiger partial charge on any atom is 0.255 e. The third kappa shape index (κ3) is 4.83. The minimum absolute atomic E-state index is 0.00555. The smallest absolute Gasteiger partial charge is 0.255 e. The largest absolute Gasteiger partial charge is 0.337 e. The van der Waals surface area contributed by atoms with Crippen LogP contribution in [0.5, 0.6) is 0 Å². The molecule has 4 rings (SSSR count). The number of thioether (sulfide) groups is 1. The number of rotatable bonds is 7. The topological polar surface area (TPSA) is 63.9 Å². The molecule has 0 aliphatic carbocycles. The van der Waals surface area contributed by atoms with Crippen molar-refractivity contribution in [2.24, 2.45) is 0 Å². The average Bonchev–Trinajstić information content (AvgIpc) is 3.28. The maximum atomic E-state index is 13.2. The summed E-state index contributed by atoms with van der Waals surface area (Å²) < 4.78 is 1.72. The highest BCUT2D eigenvalue weighted by Crippen LogP contribution is 2.27. The molecule has 0 bridgehead atoms. The van der Waals surface area contributed by atoms with Gasteiger partial charge in [-0.3, -0.25) is 4.79 Å². The van der Waals surface area contributed by atoms with Crippen molar-refractivity contribution in [3.63, 3.8) is 0 Å². The molecule has 7 heteroatoms. The minimum Gasteiger partial charge on any atom is -0.337 e. The van der Waals surface area contributed by atoms with Crippen molar-refractivity contribution in [1.82, 2.24) is 25.1 Å². The summed E-state index contributed by atoms with van der Waals surface area (Å²) in [6, 6.07) is 25.6. The summed E-state index contributed by atoms with van der Waals surface area (Å²) in [5, 5.41) is 12.1. The van der Waals surface area contributed by atoms with Gasteiger partial charge in [0.15, 0.2) is 5.82 Å². The van der Waals surface area contributed by atoms with Crippen molar-refractivity contribution in [3.8, 4) is 5.69 Å². The Morgan fingerprint density at radius 1 is 0.968 bits per heavy atom. The van der Waals surface area contributed by atoms with E-state index in [2.05, 4.69) is 34.6 Å². The predicted molar refractivity (Wildman–Crippen MR) is 122 cm³/mol. The van der Waals surface area contributed by atoms with E-state index in [-0.39, 0.29) is 5.91 Å². The van der Waals surface area contributed by atoms with Gasteiger partial charge < -0.3 is 4.90 Å². The van der Waals surface area contributed by atoms with Crippen LogP contribution in [0.4, 0.5) is 0 Å². The number of benzene rings is 3. The lowest BCUT2D eigenvalue weighted by Gasteiger charge is -2.20. The van der Waals surface area contributed by atoms with Gasteiger partial charge in [0, 0.05) is 18.5 Å². The zero-order chi connectivity index (χ0) is 21.6. The van der Waals surface area contributed by atoms with E-state index >= 15 is 0 Å². The summed E-state index contributed by atoms with van der Waals surface area (Å²) in [6.07, 6.45) is 0. The zero-order valence-electron chi connectivity index (χ0n) is 17.5. The van der Waals surface area contributed by atoms with E-state index < -0.39 is 0 Å². The van der Waals surface area contributed by atoms with E-state index in [9.17, 15) is 4.79 Å². The first-order valence-electron chi connectivity index (χ1n) is 9.98. The summed E-state index contributed by atoms with van der Waals surface area (Å²) in [5.74, 6) is 1.27. The van der Waals surface area contributed by atoms with Crippen molar-refractivity contribution in [3.05, 3.63) is 101 Å². The molecular formula is C24H23N5OS. The van der Waals surface area contributed by atoms with Crippen molar-refractivity contribution < 1.29 is 4.79 Å². The standard InChI is InChI=1S/C24H23N5OS/c1-18-10-6-7-11-19(18)16-28(2)24(30)21-14-8-9-15-22(21)31-17-23-25-26-27-29(23)20-12-4-3-5-13-20/h3-15H,16-17H2,1-2H3. The average molecular weight is 430 g/mol. The van der Waals surface area contributed by atoms with Gasteiger partial charge in [-0.1, -0.05) is 54.6 Å². The van der Waals surface area contributed by atoms with Gasteiger partial charge in [0.1, 0.15) is 0 Å². The first kappa shape index (κ1) is 20.8. The van der Waals surface area contributed by atoms with Crippen LogP contribution in [0.3, 0.4) is 0 Å². The fraction of sp³-hybridized carbons (Fsp3) is 0.167. The van der Waals surface area contributed by atoms with Gasteiger partial charge in [-0.25, -0.2) is 0 Å². The lowest BCUT2D eigenvalue weighted by Crippen LogP contribution is -2.27. The highest BCUT2D eigenvalue weighted by atomic mass is 32.2. The number of hydrogen-bond acceptors (Lipinski definition) is 5. The lowest BCUT2D eigenvalue weighted by molar-refractivity contribution is 0.0781. The van der Waals surface area contributed by atoms with Crippen LogP contribution in [-0.2, 0) is 12.3 Å². The van der Waals surface area contributed by atoms with Crippen LogP contribution < -0.4 is 0 Å². The van der Waals surface area contributed by atoms with Crippen LogP contribution in [0.25, 0.3) is 5.69 Å². The highest BCUT2D eigenvalue weighted by molar-refractivity contribution is 7.98. The van der Waals surface area contributed by atoms with Crippen molar-refractivity contribution >= 4 is 17.7 Å². The molecule has 0 aliphatic heterocycles. The highest BCUT2D eigenvalue weighted by Gasteiger charge is 2.18. The molecule has 1 aromatic heterocycles. The number of hydrogen-bond donors (Lipinski definition) is 0. The van der Waals surface area contributed by atoms with Gasteiger partial charge in [0.05, 0.1) is 17.0 Å². The molecule has 1 amide bonds. The Kier molecular flexibility index (Phi) is 6.43. The molecule has 4 aromatic rings. The molecule has 0 saturated heterocycles. The Morgan fingerprint density at radius 2 is 1.68 bits per heavy atom. The number of para-hydroxylation sites is 1. The first-order chi connectivity index (χ1) is 15.1. The molecule has 1 heterocycles. The van der Waals surface area contributed by atoms with Crippen LogP contribution in [0.15, 0.2) is 83.8 Å². The molecule has 31 heavy (non-hydrogen) atoms. The summed E-state index contributed by atoms with van der Waals surface area (Å²) in [5.41, 5.74) is 3.91. The second kappa shape index (κ2) is 9.57. The van der Waals surface area contributed by atoms with E-state index in [0.29, 0.717) is 17.9 Å². The predicted octanol–water partition coefficient (Wildman–Crippen LogP) is 4.54. The Hall–Kier alpha value is -3.45. The Balaban J connectivity index is 1.50. The number of carbonyl (C=O) groups excluding carboxylic acids is 1. The van der Waals surface area contributed by atoms with Gasteiger partial charge in [0.25, 0.3) is 5.91 Å². The lowest BCUT2D eigenvalue weighted by atomic mass is 10.1. The number of aromatic nitrogens is 4. The summed E-state index contributed by atoms with van der Waals surface area (Å²) in [4.78, 5) is 15.9. The molecule has 156 valence electrons. The van der Waals surface area contributed by atoms with Gasteiger partial charge in [0.2, 0.25) is 0 Å². The fourth-order valence-electron chi connectivity index (χ4n) is 3.30. The normalized spacial score (nSPS) is 10.8. The van der Waals surface area contributed by atoms with Gasteiger partial charge in [-0.15, -0.1) is 16.9 Å². The molecule has 0 atom stereocenters. The van der Waals surface area contributed by atoms with Gasteiger partial charge >= 0.3 is 0 Å². The third-order valence-corrected chi connectivity index (χ3v) is 6.09. The molecule has 0 aliphatic rings.